The molecule has 0 aliphatic carbocycles. The second kappa shape index (κ2) is 9.45. The van der Waals surface area contributed by atoms with E-state index in [9.17, 15) is 14.4 Å². The molecular formula is C27H33N3O3S. The zero-order chi connectivity index (χ0) is 24.6. The molecule has 2 heterocycles. The second-order valence-electron chi connectivity index (χ2n) is 10.1. The van der Waals surface area contributed by atoms with Crippen LogP contribution in [0.5, 0.6) is 0 Å². The van der Waals surface area contributed by atoms with Crippen molar-refractivity contribution >= 4 is 29.5 Å². The van der Waals surface area contributed by atoms with Crippen LogP contribution in [0.1, 0.15) is 73.9 Å². The Morgan fingerprint density at radius 1 is 1.00 bits per heavy atom. The van der Waals surface area contributed by atoms with Gasteiger partial charge in [-0.3, -0.25) is 14.4 Å². The Balaban J connectivity index is 1.53. The molecule has 6 nitrogen and oxygen atoms in total. The zero-order valence-corrected chi connectivity index (χ0v) is 21.2. The van der Waals surface area contributed by atoms with Crippen molar-refractivity contribution in [1.82, 2.24) is 15.5 Å². The summed E-state index contributed by atoms with van der Waals surface area (Å²) in [6, 6.07) is 15.8. The molecule has 0 unspecified atom stereocenters. The number of carbonyl (C=O) groups excluding carboxylic acids is 3. The largest absolute Gasteiger partial charge is 0.348 e. The molecule has 7 heteroatoms. The van der Waals surface area contributed by atoms with Gasteiger partial charge in [0.15, 0.2) is 0 Å². The van der Waals surface area contributed by atoms with Crippen LogP contribution in [0.4, 0.5) is 0 Å². The van der Waals surface area contributed by atoms with Crippen molar-refractivity contribution in [3.05, 3.63) is 71.3 Å². The van der Waals surface area contributed by atoms with Crippen LogP contribution in [-0.2, 0) is 9.59 Å². The minimum Gasteiger partial charge on any atom is -0.348 e. The summed E-state index contributed by atoms with van der Waals surface area (Å²) in [5.74, 6) is -0.412. The Kier molecular flexibility index (Phi) is 6.76. The van der Waals surface area contributed by atoms with Crippen molar-refractivity contribution in [2.24, 2.45) is 5.92 Å². The lowest BCUT2D eigenvalue weighted by Gasteiger charge is -2.31. The number of hydrogen-bond acceptors (Lipinski definition) is 4. The summed E-state index contributed by atoms with van der Waals surface area (Å²) >= 11 is 1.62. The number of fused-ring (bicyclic) bond motifs is 3. The van der Waals surface area contributed by atoms with Gasteiger partial charge in [-0.15, -0.1) is 11.8 Å². The van der Waals surface area contributed by atoms with Gasteiger partial charge in [0.05, 0.1) is 6.04 Å². The number of benzene rings is 2. The van der Waals surface area contributed by atoms with E-state index in [4.69, 9.17) is 0 Å². The first-order chi connectivity index (χ1) is 16.1. The van der Waals surface area contributed by atoms with Crippen LogP contribution in [0.15, 0.2) is 54.6 Å². The lowest BCUT2D eigenvalue weighted by atomic mass is 9.98. The van der Waals surface area contributed by atoms with E-state index in [1.54, 1.807) is 16.7 Å². The Morgan fingerprint density at radius 3 is 2.32 bits per heavy atom. The Bertz CT molecular complexity index is 1090. The minimum absolute atomic E-state index is 0.124. The van der Waals surface area contributed by atoms with Gasteiger partial charge in [-0.25, -0.2) is 0 Å². The molecule has 0 spiro atoms. The monoisotopic (exact) mass is 479 g/mol. The first-order valence-corrected chi connectivity index (χ1v) is 12.7. The normalized spacial score (nSPS) is 22.2. The van der Waals surface area contributed by atoms with E-state index < -0.39 is 16.8 Å². The van der Waals surface area contributed by atoms with Crippen LogP contribution in [0.25, 0.3) is 0 Å². The zero-order valence-electron chi connectivity index (χ0n) is 20.4. The van der Waals surface area contributed by atoms with E-state index >= 15 is 0 Å². The van der Waals surface area contributed by atoms with Gasteiger partial charge in [-0.2, -0.15) is 0 Å². The van der Waals surface area contributed by atoms with Gasteiger partial charge in [0, 0.05) is 10.3 Å². The number of thioether (sulfide) groups is 1. The van der Waals surface area contributed by atoms with Crippen molar-refractivity contribution in [2.75, 3.05) is 0 Å². The summed E-state index contributed by atoms with van der Waals surface area (Å²) in [4.78, 5) is 41.8. The maximum atomic E-state index is 13.7. The Labute approximate surface area is 205 Å². The molecule has 0 aromatic heterocycles. The van der Waals surface area contributed by atoms with Crippen LogP contribution < -0.4 is 10.6 Å². The fraction of sp³-hybridized carbons (Fsp3) is 0.444. The number of nitrogens with zero attached hydrogens (tertiary/aromatic N) is 1. The average Bonchev–Trinajstić information content (AvgIpc) is 3.22. The number of carbonyl (C=O) groups is 3. The highest BCUT2D eigenvalue weighted by Crippen LogP contribution is 2.56. The fourth-order valence-corrected chi connectivity index (χ4v) is 6.49. The van der Waals surface area contributed by atoms with Gasteiger partial charge in [-0.05, 0) is 50.3 Å². The molecule has 34 heavy (non-hydrogen) atoms. The van der Waals surface area contributed by atoms with Gasteiger partial charge in [0.1, 0.15) is 17.5 Å². The maximum Gasteiger partial charge on any atom is 0.256 e. The van der Waals surface area contributed by atoms with Crippen molar-refractivity contribution < 1.29 is 14.4 Å². The van der Waals surface area contributed by atoms with Crippen molar-refractivity contribution in [3.63, 3.8) is 0 Å². The van der Waals surface area contributed by atoms with Crippen LogP contribution in [0.3, 0.4) is 0 Å². The van der Waals surface area contributed by atoms with E-state index in [2.05, 4.69) is 10.6 Å². The highest BCUT2D eigenvalue weighted by molar-refractivity contribution is 8.01. The molecule has 3 amide bonds. The number of nitrogens with one attached hydrogen (secondary N) is 2. The topological polar surface area (TPSA) is 78.5 Å². The van der Waals surface area contributed by atoms with Gasteiger partial charge in [0.2, 0.25) is 11.8 Å². The Hall–Kier alpha value is -2.80. The molecule has 2 aliphatic rings. The number of hydrogen-bond donors (Lipinski definition) is 2. The third-order valence-corrected chi connectivity index (χ3v) is 8.08. The molecule has 0 radical (unpaired) electrons. The van der Waals surface area contributed by atoms with Gasteiger partial charge < -0.3 is 15.5 Å². The van der Waals surface area contributed by atoms with E-state index in [1.165, 1.54) is 0 Å². The molecule has 2 aromatic carbocycles. The van der Waals surface area contributed by atoms with E-state index in [1.807, 2.05) is 89.2 Å². The molecule has 2 aromatic rings. The molecular weight excluding hydrogens is 446 g/mol. The second-order valence-corrected chi connectivity index (χ2v) is 11.8. The third kappa shape index (κ3) is 4.58. The lowest BCUT2D eigenvalue weighted by Crippen LogP contribution is -2.57. The van der Waals surface area contributed by atoms with Crippen molar-refractivity contribution in [3.8, 4) is 0 Å². The van der Waals surface area contributed by atoms with Crippen LogP contribution in [0.2, 0.25) is 0 Å². The van der Waals surface area contributed by atoms with Crippen LogP contribution >= 0.6 is 11.8 Å². The van der Waals surface area contributed by atoms with Crippen molar-refractivity contribution in [2.45, 2.75) is 69.3 Å². The minimum atomic E-state index is -0.682. The molecule has 2 N–H and O–H groups in total. The quantitative estimate of drug-likeness (QED) is 0.615. The molecule has 0 bridgehead atoms. The summed E-state index contributed by atoms with van der Waals surface area (Å²) in [5.41, 5.74) is 2.61. The summed E-state index contributed by atoms with van der Waals surface area (Å²) in [7, 11) is 0. The smallest absolute Gasteiger partial charge is 0.256 e. The molecule has 180 valence electrons. The van der Waals surface area contributed by atoms with Gasteiger partial charge >= 0.3 is 0 Å². The molecule has 4 rings (SSSR count). The SMILES string of the molecule is CC(C)C[C@H](NC(=O)[C@H]1N2C(=O)c3ccccc3[C@H]2SC1(C)C)C(=O)N[C@H](C)c1ccccc1. The Morgan fingerprint density at radius 2 is 1.65 bits per heavy atom. The highest BCUT2D eigenvalue weighted by atomic mass is 32.2. The average molecular weight is 480 g/mol. The van der Waals surface area contributed by atoms with Gasteiger partial charge in [0.25, 0.3) is 5.91 Å². The lowest BCUT2D eigenvalue weighted by molar-refractivity contribution is -0.132. The molecule has 1 saturated heterocycles. The van der Waals surface area contributed by atoms with E-state index in [-0.39, 0.29) is 35.1 Å². The predicted octanol–water partition coefficient (Wildman–Crippen LogP) is 4.44. The van der Waals surface area contributed by atoms with E-state index in [0.717, 1.165) is 11.1 Å². The summed E-state index contributed by atoms with van der Waals surface area (Å²) < 4.78 is -0.492. The standard InChI is InChI=1S/C27H33N3O3S/c1-16(2)15-21(23(31)28-17(3)18-11-7-6-8-12-18)29-24(32)22-27(4,5)34-26-20-14-10-9-13-19(20)25(33)30(22)26/h6-14,16-17,21-22,26H,15H2,1-5H3,(H,28,31)(H,29,32)/t17-,21+,22-,26-/m1/s1. The summed E-state index contributed by atoms with van der Waals surface area (Å²) in [6.45, 7) is 9.97. The summed E-state index contributed by atoms with van der Waals surface area (Å²) in [5, 5.41) is 5.86. The number of amides is 3. The molecule has 2 aliphatic heterocycles. The number of rotatable bonds is 7. The molecule has 1 fully saturated rings. The first kappa shape index (κ1) is 24.3. The predicted molar refractivity (Wildman–Crippen MR) is 135 cm³/mol. The maximum absolute atomic E-state index is 13.7. The molecule has 0 saturated carbocycles. The third-order valence-electron chi connectivity index (χ3n) is 6.54. The van der Waals surface area contributed by atoms with Crippen LogP contribution in [0, 0.1) is 5.92 Å². The fourth-order valence-electron chi connectivity index (χ4n) is 4.90. The highest BCUT2D eigenvalue weighted by Gasteiger charge is 2.57. The first-order valence-electron chi connectivity index (χ1n) is 11.8. The molecule has 4 atom stereocenters. The van der Waals surface area contributed by atoms with E-state index in [0.29, 0.717) is 12.0 Å². The van der Waals surface area contributed by atoms with Crippen molar-refractivity contribution in [1.29, 1.82) is 0 Å². The van der Waals surface area contributed by atoms with Crippen LogP contribution in [-0.4, -0.2) is 39.5 Å². The summed E-state index contributed by atoms with van der Waals surface area (Å²) in [6.07, 6.45) is 0.511. The van der Waals surface area contributed by atoms with Gasteiger partial charge in [-0.1, -0.05) is 62.4 Å².